The van der Waals surface area contributed by atoms with Gasteiger partial charge in [-0.05, 0) is 91.7 Å². The summed E-state index contributed by atoms with van der Waals surface area (Å²) in [5, 5.41) is 3.65. The van der Waals surface area contributed by atoms with Crippen molar-refractivity contribution in [2.45, 2.75) is 75.5 Å². The third-order valence-corrected chi connectivity index (χ3v) is 9.58. The standard InChI is InChI=1S/C30H37FN4/c1-20-13-26-25-6-3-2-5-22(25)14-27(26)29(35(20)30-15-21(16-30)17-30)23-7-8-28(32-18-23)33-24-9-12-34(19-24)11-4-10-31/h2-3,5-8,18,20-21,24,29H,4,9-17,19H2,1H3,(H,32,33)/t20-,21?,24+,29-,30?/m1/s1. The fraction of sp³-hybridized carbons (Fsp3) is 0.567. The van der Waals surface area contributed by atoms with E-state index in [1.807, 2.05) is 0 Å². The molecule has 8 rings (SSSR count). The van der Waals surface area contributed by atoms with E-state index in [2.05, 4.69) is 64.6 Å². The van der Waals surface area contributed by atoms with Crippen molar-refractivity contribution in [2.75, 3.05) is 31.6 Å². The lowest BCUT2D eigenvalue weighted by Crippen LogP contribution is -2.71. The lowest BCUT2D eigenvalue weighted by Gasteiger charge is -2.70. The van der Waals surface area contributed by atoms with E-state index in [-0.39, 0.29) is 6.67 Å². The van der Waals surface area contributed by atoms with E-state index in [0.29, 0.717) is 30.1 Å². The molecule has 4 aliphatic carbocycles. The number of likely N-dealkylation sites (tertiary alicyclic amines) is 1. The first kappa shape index (κ1) is 22.0. The first-order chi connectivity index (χ1) is 17.1. The van der Waals surface area contributed by atoms with Gasteiger partial charge in [0.2, 0.25) is 0 Å². The molecule has 0 spiro atoms. The number of aromatic nitrogens is 1. The molecule has 35 heavy (non-hydrogen) atoms. The summed E-state index contributed by atoms with van der Waals surface area (Å²) in [6, 6.07) is 14.9. The number of hydrogen-bond acceptors (Lipinski definition) is 4. The summed E-state index contributed by atoms with van der Waals surface area (Å²) in [5.74, 6) is 1.94. The Morgan fingerprint density at radius 1 is 1.14 bits per heavy atom. The molecule has 0 unspecified atom stereocenters. The summed E-state index contributed by atoms with van der Waals surface area (Å²) in [5.41, 5.74) is 7.98. The molecule has 1 N–H and O–H groups in total. The Morgan fingerprint density at radius 2 is 2.00 bits per heavy atom. The molecule has 0 radical (unpaired) electrons. The van der Waals surface area contributed by atoms with Gasteiger partial charge in [0.15, 0.2) is 0 Å². The summed E-state index contributed by atoms with van der Waals surface area (Å²) in [6.07, 6.45) is 10.3. The van der Waals surface area contributed by atoms with Gasteiger partial charge in [-0.15, -0.1) is 0 Å². The molecule has 3 atom stereocenters. The average molecular weight is 473 g/mol. The van der Waals surface area contributed by atoms with E-state index in [1.165, 1.54) is 42.4 Å². The molecule has 2 bridgehead atoms. The second-order valence-electron chi connectivity index (χ2n) is 11.9. The molecule has 3 saturated carbocycles. The maximum atomic E-state index is 12.5. The average Bonchev–Trinajstić information content (AvgIpc) is 3.41. The summed E-state index contributed by atoms with van der Waals surface area (Å²) < 4.78 is 12.5. The zero-order valence-corrected chi connectivity index (χ0v) is 20.8. The second kappa shape index (κ2) is 8.41. The molecular weight excluding hydrogens is 435 g/mol. The lowest BCUT2D eigenvalue weighted by atomic mass is 9.48. The van der Waals surface area contributed by atoms with E-state index in [0.717, 1.165) is 44.2 Å². The molecule has 1 aromatic carbocycles. The molecule has 1 saturated heterocycles. The van der Waals surface area contributed by atoms with Crippen molar-refractivity contribution in [2.24, 2.45) is 5.92 Å². The van der Waals surface area contributed by atoms with Crippen LogP contribution in [0.5, 0.6) is 0 Å². The van der Waals surface area contributed by atoms with Crippen LogP contribution in [0.4, 0.5) is 10.2 Å². The van der Waals surface area contributed by atoms with Crippen molar-refractivity contribution in [1.82, 2.24) is 14.8 Å². The molecular formula is C30H37FN4. The van der Waals surface area contributed by atoms with Gasteiger partial charge in [-0.2, -0.15) is 0 Å². The fourth-order valence-corrected chi connectivity index (χ4v) is 7.92. The van der Waals surface area contributed by atoms with Gasteiger partial charge in [0.25, 0.3) is 0 Å². The Hall–Kier alpha value is -2.24. The van der Waals surface area contributed by atoms with Gasteiger partial charge in [-0.1, -0.05) is 30.3 Å². The molecule has 184 valence electrons. The first-order valence-corrected chi connectivity index (χ1v) is 13.7. The highest BCUT2D eigenvalue weighted by Gasteiger charge is 2.63. The number of pyridine rings is 1. The van der Waals surface area contributed by atoms with Crippen molar-refractivity contribution in [3.63, 3.8) is 0 Å². The van der Waals surface area contributed by atoms with Crippen molar-refractivity contribution < 1.29 is 4.39 Å². The van der Waals surface area contributed by atoms with Crippen LogP contribution in [0.15, 0.2) is 48.2 Å². The van der Waals surface area contributed by atoms with Gasteiger partial charge in [-0.3, -0.25) is 9.29 Å². The maximum Gasteiger partial charge on any atom is 0.126 e. The van der Waals surface area contributed by atoms with Crippen molar-refractivity contribution >= 4 is 11.4 Å². The van der Waals surface area contributed by atoms with Crippen molar-refractivity contribution in [3.8, 4) is 0 Å². The zero-order valence-electron chi connectivity index (χ0n) is 20.8. The number of fused-ring (bicyclic) bond motifs is 2. The molecule has 2 aliphatic heterocycles. The van der Waals surface area contributed by atoms with E-state index in [1.54, 1.807) is 11.1 Å². The Morgan fingerprint density at radius 3 is 2.74 bits per heavy atom. The van der Waals surface area contributed by atoms with Crippen LogP contribution >= 0.6 is 0 Å². The minimum Gasteiger partial charge on any atom is -0.366 e. The minimum atomic E-state index is -0.223. The quantitative estimate of drug-likeness (QED) is 0.566. The van der Waals surface area contributed by atoms with Gasteiger partial charge in [0.1, 0.15) is 5.82 Å². The Kier molecular flexibility index (Phi) is 5.29. The van der Waals surface area contributed by atoms with Crippen LogP contribution < -0.4 is 5.32 Å². The van der Waals surface area contributed by atoms with E-state index < -0.39 is 0 Å². The third kappa shape index (κ3) is 3.57. The second-order valence-corrected chi connectivity index (χ2v) is 11.9. The highest BCUT2D eigenvalue weighted by atomic mass is 19.1. The molecule has 6 aliphatic rings. The van der Waals surface area contributed by atoms with Gasteiger partial charge >= 0.3 is 0 Å². The largest absolute Gasteiger partial charge is 0.366 e. The Labute approximate surface area is 208 Å². The van der Waals surface area contributed by atoms with Crippen molar-refractivity contribution in [1.29, 1.82) is 0 Å². The van der Waals surface area contributed by atoms with Crippen LogP contribution in [0.1, 0.15) is 68.2 Å². The summed E-state index contributed by atoms with van der Waals surface area (Å²) in [6.45, 7) is 5.12. The predicted molar refractivity (Wildman–Crippen MR) is 139 cm³/mol. The fourth-order valence-electron chi connectivity index (χ4n) is 7.92. The van der Waals surface area contributed by atoms with Gasteiger partial charge in [0, 0.05) is 43.5 Å². The summed E-state index contributed by atoms with van der Waals surface area (Å²) in [7, 11) is 0. The Bertz CT molecular complexity index is 1120. The van der Waals surface area contributed by atoms with E-state index in [4.69, 9.17) is 4.98 Å². The number of hydrogen-bond donors (Lipinski definition) is 1. The van der Waals surface area contributed by atoms with Crippen LogP contribution in [0.2, 0.25) is 0 Å². The summed E-state index contributed by atoms with van der Waals surface area (Å²) in [4.78, 5) is 10.2. The summed E-state index contributed by atoms with van der Waals surface area (Å²) >= 11 is 0. The zero-order chi connectivity index (χ0) is 23.6. The molecule has 5 heteroatoms. The highest BCUT2D eigenvalue weighted by molar-refractivity contribution is 5.79. The number of rotatable bonds is 7. The van der Waals surface area contributed by atoms with E-state index >= 15 is 0 Å². The van der Waals surface area contributed by atoms with Gasteiger partial charge in [0.05, 0.1) is 12.7 Å². The van der Waals surface area contributed by atoms with Crippen LogP contribution in [0.3, 0.4) is 0 Å². The number of nitrogens with one attached hydrogen (secondary N) is 1. The molecule has 2 aromatic rings. The third-order valence-electron chi connectivity index (χ3n) is 9.58. The monoisotopic (exact) mass is 472 g/mol. The van der Waals surface area contributed by atoms with Gasteiger partial charge < -0.3 is 10.2 Å². The lowest BCUT2D eigenvalue weighted by molar-refractivity contribution is -0.173. The maximum absolute atomic E-state index is 12.5. The minimum absolute atomic E-state index is 0.223. The smallest absolute Gasteiger partial charge is 0.126 e. The Balaban J connectivity index is 1.15. The molecule has 0 amide bonds. The highest BCUT2D eigenvalue weighted by Crippen LogP contribution is 2.65. The number of benzene rings is 1. The van der Waals surface area contributed by atoms with Crippen LogP contribution in [0, 0.1) is 5.92 Å². The van der Waals surface area contributed by atoms with E-state index in [9.17, 15) is 4.39 Å². The normalized spacial score (nSPS) is 33.8. The van der Waals surface area contributed by atoms with Crippen LogP contribution in [0.25, 0.3) is 5.57 Å². The topological polar surface area (TPSA) is 31.4 Å². The SMILES string of the molecule is C[C@@H]1CC2=C(Cc3ccccc32)[C@@H](c2ccc(N[C@H]3CCN(CCCF)C3)nc2)N1C12CC(C1)C2. The first-order valence-electron chi connectivity index (χ1n) is 13.7. The number of alkyl halides is 1. The van der Waals surface area contributed by atoms with Crippen molar-refractivity contribution in [3.05, 3.63) is 64.9 Å². The number of halogens is 1. The molecule has 3 heterocycles. The van der Waals surface area contributed by atoms with Crippen LogP contribution in [-0.2, 0) is 6.42 Å². The molecule has 4 nitrogen and oxygen atoms in total. The van der Waals surface area contributed by atoms with Crippen LogP contribution in [-0.4, -0.2) is 58.7 Å². The number of anilines is 1. The predicted octanol–water partition coefficient (Wildman–Crippen LogP) is 5.63. The molecule has 1 aromatic heterocycles. The number of nitrogens with zero attached hydrogens (tertiary/aromatic N) is 3. The van der Waals surface area contributed by atoms with Gasteiger partial charge in [-0.25, -0.2) is 4.98 Å². The molecule has 4 fully saturated rings.